The zero-order valence-electron chi connectivity index (χ0n) is 12.7. The molecule has 2 aromatic carbocycles. The largest absolute Gasteiger partial charge is 0.573 e. The number of carbonyl (C=O) groups is 1. The Morgan fingerprint density at radius 2 is 1.72 bits per heavy atom. The molecule has 0 radical (unpaired) electrons. The monoisotopic (exact) mass is 375 g/mol. The van der Waals surface area contributed by atoms with Gasteiger partial charge in [-0.25, -0.2) is 13.2 Å². The van der Waals surface area contributed by atoms with Crippen LogP contribution in [0.25, 0.3) is 0 Å². The maximum Gasteiger partial charge on any atom is 0.573 e. The minimum Gasteiger partial charge on any atom is -0.478 e. The Morgan fingerprint density at radius 3 is 2.24 bits per heavy atom. The average molecular weight is 375 g/mol. The molecule has 2 rings (SSSR count). The van der Waals surface area contributed by atoms with Gasteiger partial charge in [-0.3, -0.25) is 4.72 Å². The van der Waals surface area contributed by atoms with E-state index in [0.717, 1.165) is 30.3 Å². The number of carboxylic acids is 1. The molecule has 0 atom stereocenters. The number of halogens is 3. The fraction of sp³-hybridized carbons (Fsp3) is 0.133. The molecule has 6 nitrogen and oxygen atoms in total. The predicted octanol–water partition coefficient (Wildman–Crippen LogP) is 3.39. The van der Waals surface area contributed by atoms with Crippen molar-refractivity contribution in [3.05, 3.63) is 53.6 Å². The molecule has 2 aromatic rings. The van der Waals surface area contributed by atoms with E-state index in [1.54, 1.807) is 0 Å². The summed E-state index contributed by atoms with van der Waals surface area (Å²) in [4.78, 5) is 10.8. The number of carboxylic acid groups (broad SMARTS) is 1. The number of anilines is 1. The van der Waals surface area contributed by atoms with Gasteiger partial charge in [0.15, 0.2) is 0 Å². The van der Waals surface area contributed by atoms with Crippen molar-refractivity contribution in [2.45, 2.75) is 18.2 Å². The molecule has 10 heteroatoms. The third-order valence-electron chi connectivity index (χ3n) is 3.09. The van der Waals surface area contributed by atoms with Crippen LogP contribution in [0.1, 0.15) is 15.9 Å². The Hall–Kier alpha value is -2.75. The van der Waals surface area contributed by atoms with Gasteiger partial charge in [0, 0.05) is 5.69 Å². The van der Waals surface area contributed by atoms with Crippen molar-refractivity contribution in [3.63, 3.8) is 0 Å². The van der Waals surface area contributed by atoms with Crippen LogP contribution in [0.5, 0.6) is 5.75 Å². The van der Waals surface area contributed by atoms with Gasteiger partial charge in [0.25, 0.3) is 10.0 Å². The van der Waals surface area contributed by atoms with E-state index >= 15 is 0 Å². The van der Waals surface area contributed by atoms with Crippen LogP contribution >= 0.6 is 0 Å². The van der Waals surface area contributed by atoms with Crippen LogP contribution in [0, 0.1) is 6.92 Å². The minimum atomic E-state index is -4.85. The van der Waals surface area contributed by atoms with Gasteiger partial charge in [-0.2, -0.15) is 0 Å². The average Bonchev–Trinajstić information content (AvgIpc) is 2.47. The highest BCUT2D eigenvalue weighted by Gasteiger charge is 2.31. The van der Waals surface area contributed by atoms with Crippen molar-refractivity contribution in [1.29, 1.82) is 0 Å². The third kappa shape index (κ3) is 4.86. The van der Waals surface area contributed by atoms with Gasteiger partial charge in [-0.1, -0.05) is 6.07 Å². The molecule has 0 saturated carbocycles. The van der Waals surface area contributed by atoms with E-state index in [1.165, 1.54) is 19.1 Å². The molecule has 0 unspecified atom stereocenters. The Labute approximate surface area is 140 Å². The summed E-state index contributed by atoms with van der Waals surface area (Å²) in [5.74, 6) is -1.78. The quantitative estimate of drug-likeness (QED) is 0.836. The molecule has 0 fully saturated rings. The van der Waals surface area contributed by atoms with Crippen LogP contribution in [0.2, 0.25) is 0 Å². The van der Waals surface area contributed by atoms with E-state index in [2.05, 4.69) is 9.46 Å². The molecule has 0 amide bonds. The molecular weight excluding hydrogens is 363 g/mol. The first kappa shape index (κ1) is 18.6. The van der Waals surface area contributed by atoms with Crippen molar-refractivity contribution < 1.29 is 36.2 Å². The standard InChI is InChI=1S/C15H12F3NO5S/c1-9-2-7-12(8-13(9)14(20)21)25(22,23)19-10-3-5-11(6-4-10)24-15(16,17)18/h2-8,19H,1H3,(H,20,21). The molecule has 0 heterocycles. The summed E-state index contributed by atoms with van der Waals surface area (Å²) in [7, 11) is -4.11. The van der Waals surface area contributed by atoms with Crippen LogP contribution in [-0.2, 0) is 10.0 Å². The first-order valence-corrected chi connectivity index (χ1v) is 8.19. The van der Waals surface area contributed by atoms with Crippen molar-refractivity contribution in [2.24, 2.45) is 0 Å². The highest BCUT2D eigenvalue weighted by molar-refractivity contribution is 7.92. The van der Waals surface area contributed by atoms with Crippen LogP contribution in [0.15, 0.2) is 47.4 Å². The number of nitrogens with one attached hydrogen (secondary N) is 1. The molecule has 134 valence electrons. The summed E-state index contributed by atoms with van der Waals surface area (Å²) in [5.41, 5.74) is 0.212. The Morgan fingerprint density at radius 1 is 1.12 bits per heavy atom. The fourth-order valence-electron chi connectivity index (χ4n) is 1.94. The normalized spacial score (nSPS) is 11.8. The first-order chi connectivity index (χ1) is 11.5. The third-order valence-corrected chi connectivity index (χ3v) is 4.47. The van der Waals surface area contributed by atoms with E-state index in [9.17, 15) is 26.4 Å². The van der Waals surface area contributed by atoms with E-state index < -0.39 is 28.1 Å². The minimum absolute atomic E-state index is 0.00743. The lowest BCUT2D eigenvalue weighted by Gasteiger charge is -2.11. The molecule has 0 aliphatic rings. The number of aryl methyl sites for hydroxylation is 1. The second-order valence-corrected chi connectivity index (χ2v) is 6.64. The van der Waals surface area contributed by atoms with Crippen LogP contribution in [0.4, 0.5) is 18.9 Å². The predicted molar refractivity (Wildman–Crippen MR) is 82.1 cm³/mol. The Bertz CT molecular complexity index is 892. The van der Waals surface area contributed by atoms with Crippen molar-refractivity contribution in [1.82, 2.24) is 0 Å². The van der Waals surface area contributed by atoms with Gasteiger partial charge in [0.2, 0.25) is 0 Å². The number of aromatic carboxylic acids is 1. The van der Waals surface area contributed by atoms with Crippen LogP contribution in [0.3, 0.4) is 0 Å². The van der Waals surface area contributed by atoms with Gasteiger partial charge >= 0.3 is 12.3 Å². The van der Waals surface area contributed by atoms with Gasteiger partial charge in [-0.15, -0.1) is 13.2 Å². The number of benzene rings is 2. The molecule has 0 spiro atoms. The summed E-state index contributed by atoms with van der Waals surface area (Å²) in [6.07, 6.45) is -4.85. The number of ether oxygens (including phenoxy) is 1. The molecule has 0 bridgehead atoms. The summed E-state index contributed by atoms with van der Waals surface area (Å²) < 4.78 is 66.7. The van der Waals surface area contributed by atoms with Crippen molar-refractivity contribution in [3.8, 4) is 5.75 Å². The molecular formula is C15H12F3NO5S. The van der Waals surface area contributed by atoms with E-state index in [0.29, 0.717) is 5.56 Å². The highest BCUT2D eigenvalue weighted by Crippen LogP contribution is 2.25. The van der Waals surface area contributed by atoms with Crippen molar-refractivity contribution >= 4 is 21.7 Å². The Balaban J connectivity index is 2.24. The van der Waals surface area contributed by atoms with E-state index in [-0.39, 0.29) is 16.1 Å². The molecule has 0 aromatic heterocycles. The topological polar surface area (TPSA) is 92.7 Å². The number of hydrogen-bond donors (Lipinski definition) is 2. The molecule has 0 saturated heterocycles. The second kappa shape index (κ2) is 6.63. The SMILES string of the molecule is Cc1ccc(S(=O)(=O)Nc2ccc(OC(F)(F)F)cc2)cc1C(=O)O. The lowest BCUT2D eigenvalue weighted by molar-refractivity contribution is -0.274. The summed E-state index contributed by atoms with van der Waals surface area (Å²) >= 11 is 0. The van der Waals surface area contributed by atoms with Crippen LogP contribution < -0.4 is 9.46 Å². The number of sulfonamides is 1. The maximum atomic E-state index is 12.3. The number of rotatable bonds is 5. The van der Waals surface area contributed by atoms with Gasteiger partial charge < -0.3 is 9.84 Å². The summed E-state index contributed by atoms with van der Waals surface area (Å²) in [6, 6.07) is 7.65. The zero-order valence-corrected chi connectivity index (χ0v) is 13.5. The highest BCUT2D eigenvalue weighted by atomic mass is 32.2. The smallest absolute Gasteiger partial charge is 0.478 e. The lowest BCUT2D eigenvalue weighted by atomic mass is 10.1. The lowest BCUT2D eigenvalue weighted by Crippen LogP contribution is -2.17. The number of alkyl halides is 3. The van der Waals surface area contributed by atoms with E-state index in [4.69, 9.17) is 5.11 Å². The molecule has 0 aliphatic heterocycles. The van der Waals surface area contributed by atoms with Gasteiger partial charge in [-0.05, 0) is 48.9 Å². The van der Waals surface area contributed by atoms with E-state index in [1.807, 2.05) is 0 Å². The zero-order chi connectivity index (χ0) is 18.8. The molecule has 25 heavy (non-hydrogen) atoms. The summed E-state index contributed by atoms with van der Waals surface area (Å²) in [6.45, 7) is 1.52. The maximum absolute atomic E-state index is 12.3. The Kier molecular flexibility index (Phi) is 4.93. The molecule has 2 N–H and O–H groups in total. The van der Waals surface area contributed by atoms with Gasteiger partial charge in [0.1, 0.15) is 5.75 Å². The van der Waals surface area contributed by atoms with Gasteiger partial charge in [0.05, 0.1) is 10.5 Å². The van der Waals surface area contributed by atoms with Crippen molar-refractivity contribution in [2.75, 3.05) is 4.72 Å². The van der Waals surface area contributed by atoms with Crippen LogP contribution in [-0.4, -0.2) is 25.9 Å². The summed E-state index contributed by atoms with van der Waals surface area (Å²) in [5, 5.41) is 9.05. The first-order valence-electron chi connectivity index (χ1n) is 6.70. The number of hydrogen-bond acceptors (Lipinski definition) is 4. The molecule has 0 aliphatic carbocycles. The fourth-order valence-corrected chi connectivity index (χ4v) is 3.02. The second-order valence-electron chi connectivity index (χ2n) is 4.96.